The van der Waals surface area contributed by atoms with E-state index in [1.807, 2.05) is 12.1 Å². The highest BCUT2D eigenvalue weighted by Gasteiger charge is 2.21. The third-order valence-corrected chi connectivity index (χ3v) is 3.00. The molecule has 0 heterocycles. The fraction of sp³-hybridized carbons (Fsp3) is 0.429. The summed E-state index contributed by atoms with van der Waals surface area (Å²) in [6, 6.07) is 6.38. The fourth-order valence-corrected chi connectivity index (χ4v) is 2.09. The van der Waals surface area contributed by atoms with Crippen molar-refractivity contribution in [3.05, 3.63) is 41.0 Å². The highest BCUT2D eigenvalue weighted by atomic mass is 16.5. The molecule has 0 amide bonds. The Morgan fingerprint density at radius 2 is 2.31 bits per heavy atom. The van der Waals surface area contributed by atoms with Crippen molar-refractivity contribution in [3.63, 3.8) is 0 Å². The Labute approximate surface area is 97.1 Å². The summed E-state index contributed by atoms with van der Waals surface area (Å²) in [5, 5.41) is 0. The lowest BCUT2D eigenvalue weighted by Crippen LogP contribution is -2.05. The first-order valence-electron chi connectivity index (χ1n) is 5.82. The van der Waals surface area contributed by atoms with Crippen LogP contribution in [0.5, 0.6) is 5.75 Å². The average molecular weight is 217 g/mol. The molecule has 1 aliphatic rings. The molecule has 1 unspecified atom stereocenters. The molecule has 2 rings (SSSR count). The van der Waals surface area contributed by atoms with Crippen LogP contribution in [0.2, 0.25) is 0 Å². The summed E-state index contributed by atoms with van der Waals surface area (Å²) in [5.74, 6) is 1.00. The molecule has 1 aliphatic carbocycles. The van der Waals surface area contributed by atoms with Crippen molar-refractivity contribution in [1.29, 1.82) is 0 Å². The maximum atomic E-state index is 6.02. The summed E-state index contributed by atoms with van der Waals surface area (Å²) in [6.45, 7) is 4.80. The monoisotopic (exact) mass is 217 g/mol. The lowest BCUT2D eigenvalue weighted by Gasteiger charge is -2.10. The van der Waals surface area contributed by atoms with Gasteiger partial charge in [-0.1, -0.05) is 17.7 Å². The summed E-state index contributed by atoms with van der Waals surface area (Å²) in [7, 11) is 0. The van der Waals surface area contributed by atoms with Gasteiger partial charge >= 0.3 is 0 Å². The van der Waals surface area contributed by atoms with Crippen molar-refractivity contribution < 1.29 is 4.74 Å². The van der Waals surface area contributed by atoms with E-state index in [-0.39, 0.29) is 6.04 Å². The quantitative estimate of drug-likeness (QED) is 0.790. The Morgan fingerprint density at radius 1 is 1.50 bits per heavy atom. The molecule has 0 saturated heterocycles. The molecule has 0 aromatic heterocycles. The molecule has 1 atom stereocenters. The third kappa shape index (κ3) is 2.27. The van der Waals surface area contributed by atoms with E-state index in [1.54, 1.807) is 0 Å². The minimum absolute atomic E-state index is 0.196. The van der Waals surface area contributed by atoms with Gasteiger partial charge in [-0.2, -0.15) is 0 Å². The molecule has 1 aromatic rings. The molecule has 0 radical (unpaired) electrons. The van der Waals surface area contributed by atoms with Gasteiger partial charge in [0.25, 0.3) is 0 Å². The number of allylic oxidation sites excluding steroid dienone is 1. The third-order valence-electron chi connectivity index (χ3n) is 3.00. The zero-order chi connectivity index (χ0) is 11.5. The largest absolute Gasteiger partial charge is 0.489 e. The number of fused-ring (bicyclic) bond motifs is 1. The molecule has 0 fully saturated rings. The van der Waals surface area contributed by atoms with E-state index in [9.17, 15) is 0 Å². The van der Waals surface area contributed by atoms with Gasteiger partial charge in [0, 0.05) is 6.04 Å². The maximum absolute atomic E-state index is 6.02. The van der Waals surface area contributed by atoms with Crippen LogP contribution in [0, 0.1) is 0 Å². The molecular formula is C14H19NO. The number of nitrogens with two attached hydrogens (primary N) is 1. The second-order valence-electron chi connectivity index (χ2n) is 4.56. The van der Waals surface area contributed by atoms with Gasteiger partial charge < -0.3 is 10.5 Å². The molecule has 0 spiro atoms. The minimum Gasteiger partial charge on any atom is -0.489 e. The lowest BCUT2D eigenvalue weighted by atomic mass is 10.1. The van der Waals surface area contributed by atoms with Crippen molar-refractivity contribution in [2.24, 2.45) is 5.73 Å². The van der Waals surface area contributed by atoms with E-state index < -0.39 is 0 Å². The van der Waals surface area contributed by atoms with Crippen LogP contribution < -0.4 is 10.5 Å². The van der Waals surface area contributed by atoms with Crippen LogP contribution in [0.3, 0.4) is 0 Å². The van der Waals surface area contributed by atoms with Crippen LogP contribution in [0.25, 0.3) is 0 Å². The first-order valence-corrected chi connectivity index (χ1v) is 5.82. The number of rotatable bonds is 3. The van der Waals surface area contributed by atoms with Gasteiger partial charge in [0.1, 0.15) is 12.4 Å². The van der Waals surface area contributed by atoms with Crippen molar-refractivity contribution in [3.8, 4) is 5.75 Å². The molecule has 0 saturated carbocycles. The predicted molar refractivity (Wildman–Crippen MR) is 66.6 cm³/mol. The molecule has 0 bridgehead atoms. The zero-order valence-electron chi connectivity index (χ0n) is 9.99. The topological polar surface area (TPSA) is 35.2 Å². The van der Waals surface area contributed by atoms with Gasteiger partial charge in [-0.3, -0.25) is 0 Å². The van der Waals surface area contributed by atoms with Crippen molar-refractivity contribution in [1.82, 2.24) is 0 Å². The van der Waals surface area contributed by atoms with Crippen LogP contribution >= 0.6 is 0 Å². The van der Waals surface area contributed by atoms with Crippen molar-refractivity contribution in [2.45, 2.75) is 32.7 Å². The molecule has 16 heavy (non-hydrogen) atoms. The fourth-order valence-electron chi connectivity index (χ4n) is 2.09. The Hall–Kier alpha value is -1.28. The minimum atomic E-state index is 0.196. The van der Waals surface area contributed by atoms with Crippen LogP contribution in [0.4, 0.5) is 0 Å². The van der Waals surface area contributed by atoms with Gasteiger partial charge in [-0.15, -0.1) is 0 Å². The molecule has 2 N–H and O–H groups in total. The Balaban J connectivity index is 2.14. The van der Waals surface area contributed by atoms with Crippen LogP contribution in [-0.4, -0.2) is 6.61 Å². The summed E-state index contributed by atoms with van der Waals surface area (Å²) >= 11 is 0. The predicted octanol–water partition coefficient (Wildman–Crippen LogP) is 2.98. The van der Waals surface area contributed by atoms with Gasteiger partial charge in [-0.05, 0) is 50.0 Å². The maximum Gasteiger partial charge on any atom is 0.123 e. The summed E-state index contributed by atoms with van der Waals surface area (Å²) in [5.41, 5.74) is 9.87. The van der Waals surface area contributed by atoms with Crippen molar-refractivity contribution >= 4 is 0 Å². The SMILES string of the molecule is CC(C)=CCOc1cccc2c1CCC2N. The van der Waals surface area contributed by atoms with Gasteiger partial charge in [0.05, 0.1) is 0 Å². The van der Waals surface area contributed by atoms with E-state index in [2.05, 4.69) is 26.0 Å². The highest BCUT2D eigenvalue weighted by Crippen LogP contribution is 2.35. The number of ether oxygens (including phenoxy) is 1. The Bertz CT molecular complexity index is 405. The number of benzene rings is 1. The molecular weight excluding hydrogens is 198 g/mol. The lowest BCUT2D eigenvalue weighted by molar-refractivity contribution is 0.358. The molecule has 0 aliphatic heterocycles. The Morgan fingerprint density at radius 3 is 3.06 bits per heavy atom. The van der Waals surface area contributed by atoms with E-state index in [1.165, 1.54) is 16.7 Å². The molecule has 2 heteroatoms. The number of hydrogen-bond donors (Lipinski definition) is 1. The van der Waals surface area contributed by atoms with E-state index in [0.29, 0.717) is 6.61 Å². The molecule has 2 nitrogen and oxygen atoms in total. The average Bonchev–Trinajstić information content (AvgIpc) is 2.61. The normalized spacial score (nSPS) is 18.1. The van der Waals surface area contributed by atoms with Crippen LogP contribution in [0.1, 0.15) is 37.4 Å². The molecule has 1 aromatic carbocycles. The second-order valence-corrected chi connectivity index (χ2v) is 4.56. The Kier molecular flexibility index (Phi) is 3.30. The zero-order valence-corrected chi connectivity index (χ0v) is 9.99. The highest BCUT2D eigenvalue weighted by molar-refractivity contribution is 5.44. The molecule has 86 valence electrons. The first-order chi connectivity index (χ1) is 7.68. The summed E-state index contributed by atoms with van der Waals surface area (Å²) < 4.78 is 5.78. The van der Waals surface area contributed by atoms with Gasteiger partial charge in [0.2, 0.25) is 0 Å². The van der Waals surface area contributed by atoms with Gasteiger partial charge in [-0.25, -0.2) is 0 Å². The second kappa shape index (κ2) is 4.71. The van der Waals surface area contributed by atoms with E-state index in [4.69, 9.17) is 10.5 Å². The van der Waals surface area contributed by atoms with Gasteiger partial charge in [0.15, 0.2) is 0 Å². The van der Waals surface area contributed by atoms with Crippen LogP contribution in [-0.2, 0) is 6.42 Å². The van der Waals surface area contributed by atoms with Crippen molar-refractivity contribution in [2.75, 3.05) is 6.61 Å². The summed E-state index contributed by atoms with van der Waals surface area (Å²) in [4.78, 5) is 0. The van der Waals surface area contributed by atoms with E-state index >= 15 is 0 Å². The smallest absolute Gasteiger partial charge is 0.123 e. The summed E-state index contributed by atoms with van der Waals surface area (Å²) in [6.07, 6.45) is 4.17. The number of hydrogen-bond acceptors (Lipinski definition) is 2. The van der Waals surface area contributed by atoms with E-state index in [0.717, 1.165) is 18.6 Å². The standard InChI is InChI=1S/C14H19NO/c1-10(2)8-9-16-14-5-3-4-11-12(14)6-7-13(11)15/h3-5,8,13H,6-7,9,15H2,1-2H3. The van der Waals surface area contributed by atoms with Crippen LogP contribution in [0.15, 0.2) is 29.8 Å². The first kappa shape index (κ1) is 11.2.